The highest BCUT2D eigenvalue weighted by atomic mass is 32.2. The second kappa shape index (κ2) is 14.3. The van der Waals surface area contributed by atoms with Gasteiger partial charge in [0, 0.05) is 54.4 Å². The van der Waals surface area contributed by atoms with Gasteiger partial charge in [0.2, 0.25) is 0 Å². The van der Waals surface area contributed by atoms with Gasteiger partial charge in [0.25, 0.3) is 5.91 Å². The van der Waals surface area contributed by atoms with Crippen LogP contribution in [0.1, 0.15) is 127 Å². The molecule has 274 valence electrons. The molecule has 4 bridgehead atoms. The van der Waals surface area contributed by atoms with Gasteiger partial charge in [0.05, 0.1) is 17.3 Å². The first kappa shape index (κ1) is 36.9. The molecule has 0 radical (unpaired) electrons. The summed E-state index contributed by atoms with van der Waals surface area (Å²) in [4.78, 5) is 45.6. The molecule has 0 aliphatic carbocycles. The Kier molecular flexibility index (Phi) is 10.3. The van der Waals surface area contributed by atoms with Crippen molar-refractivity contribution in [1.29, 1.82) is 0 Å². The number of rotatable bonds is 2. The van der Waals surface area contributed by atoms with E-state index < -0.39 is 5.60 Å². The Hall–Kier alpha value is -3.86. The zero-order chi connectivity index (χ0) is 36.7. The Bertz CT molecular complexity index is 1720. The summed E-state index contributed by atoms with van der Waals surface area (Å²) in [5.41, 5.74) is 2.89. The Balaban J connectivity index is 1.26. The first-order chi connectivity index (χ1) is 24.0. The number of piperidine rings is 1. The third-order valence-corrected chi connectivity index (χ3v) is 11.3. The van der Waals surface area contributed by atoms with Crippen molar-refractivity contribution >= 4 is 35.6 Å². The summed E-state index contributed by atoms with van der Waals surface area (Å²) in [7, 11) is 0. The lowest BCUT2D eigenvalue weighted by atomic mass is 9.83. The lowest BCUT2D eigenvalue weighted by molar-refractivity contribution is 0.0204. The van der Waals surface area contributed by atoms with Crippen molar-refractivity contribution in [1.82, 2.24) is 24.6 Å². The van der Waals surface area contributed by atoms with Crippen molar-refractivity contribution in [3.63, 3.8) is 0 Å². The molecule has 0 aromatic carbocycles. The maximum atomic E-state index is 13.8. The number of ether oxygens (including phenoxy) is 1. The van der Waals surface area contributed by atoms with Crippen molar-refractivity contribution in [2.45, 2.75) is 122 Å². The number of fused-ring (bicyclic) bond motifs is 6. The van der Waals surface area contributed by atoms with Crippen LogP contribution in [0.15, 0.2) is 53.7 Å². The molecule has 3 aromatic heterocycles. The number of hydrogen-bond acceptors (Lipinski definition) is 9. The summed E-state index contributed by atoms with van der Waals surface area (Å²) in [5, 5.41) is 4.41. The minimum atomic E-state index is -0.498. The standard InChI is InChI=1S/C40H55N7O3S/c1-25-21-31(30-15-13-27(23-41-30)26-17-19-46(20-18-26)37(49)50-39(5,6)7)42-33-11-10-12-34(44-33)51-45-36(48)29-14-16-32(38(2,3)4)43-35(29)47-24-28(25)22-40(47,8)9/h10-16,23,25-26,28,31H,17-22,24H2,1-9H3,(H,42,44)(H,45,48)/t25-,28-,31?/m0/s1. The molecule has 2 N–H and O–H groups in total. The second-order valence-electron chi connectivity index (χ2n) is 17.3. The summed E-state index contributed by atoms with van der Waals surface area (Å²) in [6.07, 6.45) is 5.41. The SMILES string of the molecule is C[C@H]1CC(c2ccc(C3CCN(C(=O)OC(C)(C)C)CC3)cn2)Nc2cccc(n2)SNC(=O)c2ccc(C(C)(C)C)nc2N2C[C@@H]1CC2(C)C. The monoisotopic (exact) mass is 713 g/mol. The average Bonchev–Trinajstić information content (AvgIpc) is 3.40. The highest BCUT2D eigenvalue weighted by Gasteiger charge is 2.43. The van der Waals surface area contributed by atoms with Crippen LogP contribution in [0.3, 0.4) is 0 Å². The van der Waals surface area contributed by atoms with E-state index in [4.69, 9.17) is 19.7 Å². The fraction of sp³-hybridized carbons (Fsp3) is 0.575. The molecule has 3 aliphatic heterocycles. The van der Waals surface area contributed by atoms with Crippen molar-refractivity contribution in [3.8, 4) is 0 Å². The number of hydrogen-bond donors (Lipinski definition) is 2. The number of nitrogens with zero attached hydrogens (tertiary/aromatic N) is 5. The van der Waals surface area contributed by atoms with Crippen molar-refractivity contribution in [3.05, 3.63) is 71.2 Å². The van der Waals surface area contributed by atoms with Crippen LogP contribution in [0.25, 0.3) is 0 Å². The van der Waals surface area contributed by atoms with E-state index in [9.17, 15) is 9.59 Å². The number of likely N-dealkylation sites (tertiary alicyclic amines) is 1. The number of pyridine rings is 3. The lowest BCUT2D eigenvalue weighted by Crippen LogP contribution is -2.41. The third-order valence-electron chi connectivity index (χ3n) is 10.5. The summed E-state index contributed by atoms with van der Waals surface area (Å²) >= 11 is 1.22. The fourth-order valence-electron chi connectivity index (χ4n) is 7.59. The molecule has 2 fully saturated rings. The minimum Gasteiger partial charge on any atom is -0.444 e. The number of aromatic nitrogens is 3. The third kappa shape index (κ3) is 8.62. The molecule has 2 saturated heterocycles. The predicted octanol–water partition coefficient (Wildman–Crippen LogP) is 8.52. The molecule has 0 saturated carbocycles. The molecule has 3 aliphatic rings. The lowest BCUT2D eigenvalue weighted by Gasteiger charge is -2.34. The van der Waals surface area contributed by atoms with Crippen LogP contribution in [0.2, 0.25) is 0 Å². The maximum Gasteiger partial charge on any atom is 0.410 e. The first-order valence-electron chi connectivity index (χ1n) is 18.4. The quantitative estimate of drug-likeness (QED) is 0.253. The van der Waals surface area contributed by atoms with Gasteiger partial charge in [-0.1, -0.05) is 39.8 Å². The first-order valence-corrected chi connectivity index (χ1v) is 19.2. The average molecular weight is 714 g/mol. The second-order valence-corrected chi connectivity index (χ2v) is 18.1. The van der Waals surface area contributed by atoms with Crippen molar-refractivity contribution < 1.29 is 14.3 Å². The number of anilines is 2. The molecule has 3 atom stereocenters. The van der Waals surface area contributed by atoms with E-state index in [-0.39, 0.29) is 29.0 Å². The van der Waals surface area contributed by atoms with Crippen LogP contribution in [0.5, 0.6) is 0 Å². The molecule has 6 heterocycles. The van der Waals surface area contributed by atoms with E-state index in [1.807, 2.05) is 62.2 Å². The predicted molar refractivity (Wildman–Crippen MR) is 204 cm³/mol. The minimum absolute atomic E-state index is 0.0643. The number of carbonyl (C=O) groups excluding carboxylic acids is 2. The van der Waals surface area contributed by atoms with Crippen LogP contribution in [0, 0.1) is 11.8 Å². The summed E-state index contributed by atoms with van der Waals surface area (Å²) in [6, 6.07) is 14.1. The number of carbonyl (C=O) groups is 2. The zero-order valence-electron chi connectivity index (χ0n) is 31.7. The number of amides is 2. The van der Waals surface area contributed by atoms with E-state index in [1.165, 1.54) is 17.5 Å². The zero-order valence-corrected chi connectivity index (χ0v) is 32.6. The van der Waals surface area contributed by atoms with Crippen LogP contribution >= 0.6 is 11.9 Å². The Morgan fingerprint density at radius 1 is 1.00 bits per heavy atom. The molecule has 1 unspecified atom stereocenters. The van der Waals surface area contributed by atoms with Crippen LogP contribution in [-0.4, -0.2) is 62.6 Å². The Labute approximate surface area is 308 Å². The van der Waals surface area contributed by atoms with Gasteiger partial charge >= 0.3 is 6.09 Å². The smallest absolute Gasteiger partial charge is 0.410 e. The number of nitrogens with one attached hydrogen (secondary N) is 2. The summed E-state index contributed by atoms with van der Waals surface area (Å²) in [5.74, 6) is 2.39. The van der Waals surface area contributed by atoms with Crippen LogP contribution in [-0.2, 0) is 10.2 Å². The Morgan fingerprint density at radius 2 is 1.75 bits per heavy atom. The fourth-order valence-corrected chi connectivity index (χ4v) is 8.19. The largest absolute Gasteiger partial charge is 0.444 e. The van der Waals surface area contributed by atoms with E-state index >= 15 is 0 Å². The van der Waals surface area contributed by atoms with Gasteiger partial charge in [0.15, 0.2) is 0 Å². The van der Waals surface area contributed by atoms with Gasteiger partial charge in [-0.25, -0.2) is 14.8 Å². The normalized spacial score (nSPS) is 23.0. The molecule has 2 amide bonds. The van der Waals surface area contributed by atoms with Gasteiger partial charge in [-0.05, 0) is 114 Å². The van der Waals surface area contributed by atoms with Crippen LogP contribution in [0.4, 0.5) is 16.4 Å². The van der Waals surface area contributed by atoms with E-state index in [2.05, 4.69) is 68.6 Å². The van der Waals surface area contributed by atoms with Gasteiger partial charge < -0.3 is 19.9 Å². The van der Waals surface area contributed by atoms with E-state index in [0.717, 1.165) is 55.3 Å². The topological polar surface area (TPSA) is 113 Å². The maximum absolute atomic E-state index is 13.8. The highest BCUT2D eigenvalue weighted by molar-refractivity contribution is 7.97. The van der Waals surface area contributed by atoms with E-state index in [0.29, 0.717) is 41.4 Å². The van der Waals surface area contributed by atoms with Crippen molar-refractivity contribution in [2.75, 3.05) is 29.9 Å². The van der Waals surface area contributed by atoms with Gasteiger partial charge in [-0.15, -0.1) is 0 Å². The Morgan fingerprint density at radius 3 is 2.41 bits per heavy atom. The molecule has 0 spiro atoms. The molecule has 10 nitrogen and oxygen atoms in total. The molecule has 6 rings (SSSR count). The molecular formula is C40H55N7O3S. The van der Waals surface area contributed by atoms with Gasteiger partial charge in [-0.2, -0.15) is 0 Å². The van der Waals surface area contributed by atoms with E-state index in [1.54, 1.807) is 0 Å². The highest BCUT2D eigenvalue weighted by Crippen LogP contribution is 2.43. The van der Waals surface area contributed by atoms with Gasteiger partial charge in [-0.3, -0.25) is 14.5 Å². The molecule has 3 aromatic rings. The summed E-state index contributed by atoms with van der Waals surface area (Å²) < 4.78 is 8.65. The molecule has 51 heavy (non-hydrogen) atoms. The molecular weight excluding hydrogens is 659 g/mol. The van der Waals surface area contributed by atoms with Gasteiger partial charge in [0.1, 0.15) is 22.3 Å². The van der Waals surface area contributed by atoms with Crippen molar-refractivity contribution in [2.24, 2.45) is 11.8 Å². The summed E-state index contributed by atoms with van der Waals surface area (Å²) in [6.45, 7) is 21.2. The molecule has 11 heteroatoms. The van der Waals surface area contributed by atoms with Crippen LogP contribution < -0.4 is 14.9 Å².